The van der Waals surface area contributed by atoms with Gasteiger partial charge in [0, 0.05) is 27.8 Å². The average Bonchev–Trinajstić information content (AvgIpc) is 3.65. The molecule has 0 amide bonds. The molecule has 290 valence electrons. The molecule has 12 rings (SSSR count). The number of aromatic nitrogens is 3. The molecule has 1 spiro atoms. The highest BCUT2D eigenvalue weighted by atomic mass is 16.5. The van der Waals surface area contributed by atoms with Crippen molar-refractivity contribution in [2.45, 2.75) is 5.41 Å². The summed E-state index contributed by atoms with van der Waals surface area (Å²) in [6, 6.07) is 79.1. The molecule has 2 aliphatic rings. The molecule has 1 aliphatic carbocycles. The molecule has 10 aromatic rings. The van der Waals surface area contributed by atoms with E-state index in [2.05, 4.69) is 212 Å². The van der Waals surface area contributed by atoms with Crippen molar-refractivity contribution in [1.82, 2.24) is 15.0 Å². The third-order valence-electron chi connectivity index (χ3n) is 12.4. The second kappa shape index (κ2) is 14.5. The molecule has 0 saturated heterocycles. The molecule has 0 atom stereocenters. The van der Waals surface area contributed by atoms with E-state index in [0.717, 1.165) is 72.7 Å². The van der Waals surface area contributed by atoms with Gasteiger partial charge in [-0.25, -0.2) is 15.0 Å². The van der Waals surface area contributed by atoms with Crippen LogP contribution in [-0.2, 0) is 5.41 Å². The standard InChI is InChI=1S/C58H37N3O/c1-3-16-38(17-4-1)40-20-13-23-44(34-40)55-59-56(45-24-14-21-41(35-45)39-18-5-2-6-19-39)61-57(60-55)46-25-15-22-42(36-46)43-32-33-54-52(37-43)58(51-30-11-12-31-53(51)62-54)49-28-9-7-26-47(49)48-27-8-10-29-50(48)58/h1-37H. The molecule has 4 nitrogen and oxygen atoms in total. The van der Waals surface area contributed by atoms with Crippen LogP contribution in [0.25, 0.3) is 78.7 Å². The monoisotopic (exact) mass is 791 g/mol. The zero-order valence-electron chi connectivity index (χ0n) is 33.6. The minimum atomic E-state index is -0.550. The predicted octanol–water partition coefficient (Wildman–Crippen LogP) is 14.3. The molecular weight excluding hydrogens is 755 g/mol. The summed E-state index contributed by atoms with van der Waals surface area (Å²) in [6.45, 7) is 0. The fraction of sp³-hybridized carbons (Fsp3) is 0.0172. The molecule has 1 aromatic heterocycles. The molecule has 0 unspecified atom stereocenters. The van der Waals surface area contributed by atoms with Gasteiger partial charge in [-0.1, -0.05) is 188 Å². The SMILES string of the molecule is c1ccc(-c2cccc(-c3nc(-c4cccc(-c5ccccc5)c4)nc(-c4cccc(-c5ccc6c(c5)C5(c7ccccc7O6)c6ccccc6-c6ccccc65)c4)n3)c2)cc1. The third-order valence-corrected chi connectivity index (χ3v) is 12.4. The molecule has 0 N–H and O–H groups in total. The van der Waals surface area contributed by atoms with Gasteiger partial charge in [-0.2, -0.15) is 0 Å². The number of hydrogen-bond acceptors (Lipinski definition) is 4. The Bertz CT molecular complexity index is 3190. The van der Waals surface area contributed by atoms with Gasteiger partial charge in [0.1, 0.15) is 11.5 Å². The van der Waals surface area contributed by atoms with E-state index < -0.39 is 5.41 Å². The largest absolute Gasteiger partial charge is 0.457 e. The van der Waals surface area contributed by atoms with Crippen molar-refractivity contribution in [1.29, 1.82) is 0 Å². The van der Waals surface area contributed by atoms with E-state index in [4.69, 9.17) is 19.7 Å². The molecule has 0 radical (unpaired) electrons. The van der Waals surface area contributed by atoms with Gasteiger partial charge >= 0.3 is 0 Å². The Morgan fingerprint density at radius 2 is 0.629 bits per heavy atom. The van der Waals surface area contributed by atoms with Crippen molar-refractivity contribution >= 4 is 0 Å². The fourth-order valence-corrected chi connectivity index (χ4v) is 9.57. The lowest BCUT2D eigenvalue weighted by atomic mass is 9.66. The molecule has 62 heavy (non-hydrogen) atoms. The highest BCUT2D eigenvalue weighted by Crippen LogP contribution is 2.62. The first kappa shape index (κ1) is 35.7. The molecule has 0 bridgehead atoms. The summed E-state index contributed by atoms with van der Waals surface area (Å²) in [6.07, 6.45) is 0. The molecule has 2 heterocycles. The maximum atomic E-state index is 6.73. The van der Waals surface area contributed by atoms with Gasteiger partial charge in [0.15, 0.2) is 17.5 Å². The Labute approximate surface area is 360 Å². The number of fused-ring (bicyclic) bond motifs is 9. The Hall–Kier alpha value is -8.21. The van der Waals surface area contributed by atoms with Crippen molar-refractivity contribution in [3.05, 3.63) is 247 Å². The molecule has 1 aliphatic heterocycles. The summed E-state index contributed by atoms with van der Waals surface area (Å²) in [4.78, 5) is 15.6. The van der Waals surface area contributed by atoms with E-state index in [-0.39, 0.29) is 0 Å². The number of rotatable bonds is 6. The fourth-order valence-electron chi connectivity index (χ4n) is 9.57. The number of benzene rings is 9. The first-order valence-corrected chi connectivity index (χ1v) is 21.0. The predicted molar refractivity (Wildman–Crippen MR) is 250 cm³/mol. The van der Waals surface area contributed by atoms with Crippen LogP contribution in [0.1, 0.15) is 22.3 Å². The summed E-state index contributed by atoms with van der Waals surface area (Å²) < 4.78 is 6.73. The van der Waals surface area contributed by atoms with Crippen molar-refractivity contribution in [3.8, 4) is 90.2 Å². The van der Waals surface area contributed by atoms with Crippen LogP contribution in [0.5, 0.6) is 11.5 Å². The zero-order valence-corrected chi connectivity index (χ0v) is 33.6. The van der Waals surface area contributed by atoms with E-state index in [1.165, 1.54) is 22.3 Å². The lowest BCUT2D eigenvalue weighted by Gasteiger charge is -2.39. The second-order valence-electron chi connectivity index (χ2n) is 15.9. The van der Waals surface area contributed by atoms with Gasteiger partial charge in [-0.3, -0.25) is 0 Å². The van der Waals surface area contributed by atoms with Gasteiger partial charge in [-0.15, -0.1) is 0 Å². The van der Waals surface area contributed by atoms with E-state index in [1.807, 2.05) is 12.1 Å². The Kier molecular flexibility index (Phi) is 8.36. The van der Waals surface area contributed by atoms with E-state index in [9.17, 15) is 0 Å². The summed E-state index contributed by atoms with van der Waals surface area (Å²) in [7, 11) is 0. The van der Waals surface area contributed by atoms with Gasteiger partial charge in [0.2, 0.25) is 0 Å². The molecule has 9 aromatic carbocycles. The molecule has 0 fully saturated rings. The zero-order chi connectivity index (χ0) is 41.0. The van der Waals surface area contributed by atoms with Crippen LogP contribution in [-0.4, -0.2) is 15.0 Å². The maximum absolute atomic E-state index is 6.73. The number of nitrogens with zero attached hydrogens (tertiary/aromatic N) is 3. The average molecular weight is 792 g/mol. The van der Waals surface area contributed by atoms with Crippen LogP contribution < -0.4 is 4.74 Å². The molecular formula is C58H37N3O. The van der Waals surface area contributed by atoms with Crippen LogP contribution in [0.15, 0.2) is 224 Å². The van der Waals surface area contributed by atoms with E-state index in [1.54, 1.807) is 0 Å². The minimum absolute atomic E-state index is 0.550. The van der Waals surface area contributed by atoms with E-state index >= 15 is 0 Å². The number of hydrogen-bond donors (Lipinski definition) is 0. The van der Waals surface area contributed by atoms with Gasteiger partial charge in [0.05, 0.1) is 5.41 Å². The Morgan fingerprint density at radius 1 is 0.258 bits per heavy atom. The smallest absolute Gasteiger partial charge is 0.164 e. The molecule has 4 heteroatoms. The summed E-state index contributed by atoms with van der Waals surface area (Å²) in [5.41, 5.74) is 16.1. The van der Waals surface area contributed by atoms with Gasteiger partial charge < -0.3 is 4.74 Å². The topological polar surface area (TPSA) is 47.9 Å². The van der Waals surface area contributed by atoms with Crippen molar-refractivity contribution < 1.29 is 4.74 Å². The minimum Gasteiger partial charge on any atom is -0.457 e. The van der Waals surface area contributed by atoms with Crippen molar-refractivity contribution in [3.63, 3.8) is 0 Å². The van der Waals surface area contributed by atoms with Crippen LogP contribution >= 0.6 is 0 Å². The normalized spacial score (nSPS) is 12.8. The second-order valence-corrected chi connectivity index (χ2v) is 15.9. The lowest BCUT2D eigenvalue weighted by Crippen LogP contribution is -2.32. The molecule has 0 saturated carbocycles. The highest BCUT2D eigenvalue weighted by molar-refractivity contribution is 5.89. The quantitative estimate of drug-likeness (QED) is 0.168. The summed E-state index contributed by atoms with van der Waals surface area (Å²) >= 11 is 0. The van der Waals surface area contributed by atoms with Crippen LogP contribution in [0.4, 0.5) is 0 Å². The van der Waals surface area contributed by atoms with Crippen LogP contribution in [0, 0.1) is 0 Å². The Morgan fingerprint density at radius 3 is 1.15 bits per heavy atom. The van der Waals surface area contributed by atoms with Gasteiger partial charge in [0.25, 0.3) is 0 Å². The van der Waals surface area contributed by atoms with Crippen LogP contribution in [0.2, 0.25) is 0 Å². The maximum Gasteiger partial charge on any atom is 0.164 e. The first-order chi connectivity index (χ1) is 30.7. The van der Waals surface area contributed by atoms with Gasteiger partial charge in [-0.05, 0) is 92.0 Å². The highest BCUT2D eigenvalue weighted by Gasteiger charge is 2.51. The summed E-state index contributed by atoms with van der Waals surface area (Å²) in [5.74, 6) is 3.57. The number of para-hydroxylation sites is 1. The summed E-state index contributed by atoms with van der Waals surface area (Å²) in [5, 5.41) is 0. The third kappa shape index (κ3) is 5.80. The Balaban J connectivity index is 1.01. The first-order valence-electron chi connectivity index (χ1n) is 21.0. The van der Waals surface area contributed by atoms with Crippen molar-refractivity contribution in [2.75, 3.05) is 0 Å². The van der Waals surface area contributed by atoms with E-state index in [0.29, 0.717) is 17.5 Å². The van der Waals surface area contributed by atoms with Crippen molar-refractivity contribution in [2.24, 2.45) is 0 Å². The number of ether oxygens (including phenoxy) is 1. The van der Waals surface area contributed by atoms with Crippen LogP contribution in [0.3, 0.4) is 0 Å². The lowest BCUT2D eigenvalue weighted by molar-refractivity contribution is 0.436.